The SMILES string of the molecule is CCn1ccc(C(C)n2cccc(NCC(F)(F)F)c2=O)c(N)c1=O. The Labute approximate surface area is 141 Å². The minimum Gasteiger partial charge on any atom is -0.394 e. The van der Waals surface area contributed by atoms with Crippen LogP contribution in [-0.2, 0) is 6.54 Å². The van der Waals surface area contributed by atoms with Crippen LogP contribution in [-0.4, -0.2) is 21.9 Å². The van der Waals surface area contributed by atoms with Crippen molar-refractivity contribution >= 4 is 11.4 Å². The van der Waals surface area contributed by atoms with E-state index < -0.39 is 24.3 Å². The summed E-state index contributed by atoms with van der Waals surface area (Å²) >= 11 is 0. The Morgan fingerprint density at radius 3 is 2.48 bits per heavy atom. The maximum Gasteiger partial charge on any atom is 0.405 e. The molecule has 0 radical (unpaired) electrons. The largest absolute Gasteiger partial charge is 0.405 e. The van der Waals surface area contributed by atoms with Gasteiger partial charge in [0.15, 0.2) is 0 Å². The third kappa shape index (κ3) is 4.04. The number of alkyl halides is 3. The van der Waals surface area contributed by atoms with Crippen molar-refractivity contribution < 1.29 is 13.2 Å². The first-order valence-electron chi connectivity index (χ1n) is 7.66. The summed E-state index contributed by atoms with van der Waals surface area (Å²) in [4.78, 5) is 24.6. The third-order valence-electron chi connectivity index (χ3n) is 3.90. The summed E-state index contributed by atoms with van der Waals surface area (Å²) in [7, 11) is 0. The zero-order valence-electron chi connectivity index (χ0n) is 13.8. The smallest absolute Gasteiger partial charge is 0.394 e. The summed E-state index contributed by atoms with van der Waals surface area (Å²) in [6.07, 6.45) is -1.42. The number of rotatable bonds is 5. The Kier molecular flexibility index (Phi) is 5.24. The van der Waals surface area contributed by atoms with Crippen LogP contribution < -0.4 is 22.2 Å². The summed E-state index contributed by atoms with van der Waals surface area (Å²) in [5.41, 5.74) is 5.16. The number of nitrogens with two attached hydrogens (primary N) is 1. The fourth-order valence-electron chi connectivity index (χ4n) is 2.51. The van der Waals surface area contributed by atoms with Crippen LogP contribution in [0.25, 0.3) is 0 Å². The predicted molar refractivity (Wildman–Crippen MR) is 89.8 cm³/mol. The molecule has 0 aliphatic rings. The van der Waals surface area contributed by atoms with Gasteiger partial charge in [-0.25, -0.2) is 0 Å². The van der Waals surface area contributed by atoms with Crippen molar-refractivity contribution in [3.8, 4) is 0 Å². The Balaban J connectivity index is 2.41. The van der Waals surface area contributed by atoms with E-state index in [9.17, 15) is 22.8 Å². The lowest BCUT2D eigenvalue weighted by Gasteiger charge is -2.19. The van der Waals surface area contributed by atoms with Crippen molar-refractivity contribution in [1.29, 1.82) is 0 Å². The monoisotopic (exact) mass is 356 g/mol. The van der Waals surface area contributed by atoms with Crippen LogP contribution in [0.2, 0.25) is 0 Å². The molecule has 0 aliphatic carbocycles. The molecular formula is C16H19F3N4O2. The molecule has 1 atom stereocenters. The van der Waals surface area contributed by atoms with Gasteiger partial charge in [-0.15, -0.1) is 0 Å². The lowest BCUT2D eigenvalue weighted by molar-refractivity contribution is -0.115. The summed E-state index contributed by atoms with van der Waals surface area (Å²) < 4.78 is 39.7. The van der Waals surface area contributed by atoms with E-state index in [-0.39, 0.29) is 16.9 Å². The van der Waals surface area contributed by atoms with Crippen molar-refractivity contribution in [3.05, 3.63) is 56.9 Å². The number of nitrogen functional groups attached to an aromatic ring is 1. The highest BCUT2D eigenvalue weighted by Crippen LogP contribution is 2.21. The normalized spacial score (nSPS) is 12.8. The number of nitrogens with one attached hydrogen (secondary N) is 1. The Hall–Kier alpha value is -2.71. The Morgan fingerprint density at radius 2 is 1.88 bits per heavy atom. The molecule has 0 aliphatic heterocycles. The van der Waals surface area contributed by atoms with E-state index in [1.54, 1.807) is 26.1 Å². The van der Waals surface area contributed by atoms with Crippen LogP contribution >= 0.6 is 0 Å². The maximum absolute atomic E-state index is 12.4. The molecule has 2 aromatic heterocycles. The molecule has 0 saturated carbocycles. The zero-order valence-corrected chi connectivity index (χ0v) is 13.8. The number of anilines is 2. The first-order chi connectivity index (χ1) is 11.7. The predicted octanol–water partition coefficient (Wildman–Crippen LogP) is 2.20. The number of hydrogen-bond acceptors (Lipinski definition) is 4. The topological polar surface area (TPSA) is 82.1 Å². The quantitative estimate of drug-likeness (QED) is 0.860. The second-order valence-electron chi connectivity index (χ2n) is 5.55. The minimum atomic E-state index is -4.44. The molecular weight excluding hydrogens is 337 g/mol. The molecule has 2 heterocycles. The van der Waals surface area contributed by atoms with Crippen molar-refractivity contribution in [3.63, 3.8) is 0 Å². The van der Waals surface area contributed by atoms with Gasteiger partial charge in [0, 0.05) is 24.5 Å². The van der Waals surface area contributed by atoms with E-state index in [0.717, 1.165) is 0 Å². The van der Waals surface area contributed by atoms with Gasteiger partial charge >= 0.3 is 6.18 Å². The Bertz CT molecular complexity index is 871. The van der Waals surface area contributed by atoms with Gasteiger partial charge in [0.05, 0.1) is 6.04 Å². The Morgan fingerprint density at radius 1 is 1.20 bits per heavy atom. The van der Waals surface area contributed by atoms with Gasteiger partial charge in [-0.3, -0.25) is 9.59 Å². The van der Waals surface area contributed by atoms with Crippen LogP contribution in [0.1, 0.15) is 25.5 Å². The molecule has 25 heavy (non-hydrogen) atoms. The van der Waals surface area contributed by atoms with Crippen molar-refractivity contribution in [2.75, 3.05) is 17.6 Å². The third-order valence-corrected chi connectivity index (χ3v) is 3.90. The van der Waals surface area contributed by atoms with E-state index in [4.69, 9.17) is 5.73 Å². The first-order valence-corrected chi connectivity index (χ1v) is 7.66. The van der Waals surface area contributed by atoms with Gasteiger partial charge in [-0.2, -0.15) is 13.2 Å². The number of nitrogens with zero attached hydrogens (tertiary/aromatic N) is 2. The van der Waals surface area contributed by atoms with E-state index in [1.807, 2.05) is 0 Å². The maximum atomic E-state index is 12.4. The summed E-state index contributed by atoms with van der Waals surface area (Å²) in [5, 5.41) is 2.09. The molecule has 0 spiro atoms. The van der Waals surface area contributed by atoms with E-state index in [0.29, 0.717) is 12.1 Å². The van der Waals surface area contributed by atoms with Crippen molar-refractivity contribution in [1.82, 2.24) is 9.13 Å². The molecule has 0 aromatic carbocycles. The average Bonchev–Trinajstić information content (AvgIpc) is 2.55. The zero-order chi connectivity index (χ0) is 18.8. The van der Waals surface area contributed by atoms with E-state index >= 15 is 0 Å². The standard InChI is InChI=1S/C16H19F3N4O2/c1-3-22-8-6-11(13(20)15(22)25)10(2)23-7-4-5-12(14(23)24)21-9-16(17,18)19/h4-8,10,21H,3,9,20H2,1-2H3. The number of pyridine rings is 2. The molecule has 0 fully saturated rings. The summed E-state index contributed by atoms with van der Waals surface area (Å²) in [5.74, 6) is 0. The second kappa shape index (κ2) is 7.04. The molecule has 2 aromatic rings. The van der Waals surface area contributed by atoms with Gasteiger partial charge in [-0.1, -0.05) is 0 Å². The number of aromatic nitrogens is 2. The molecule has 2 rings (SSSR count). The van der Waals surface area contributed by atoms with Gasteiger partial charge < -0.3 is 20.2 Å². The lowest BCUT2D eigenvalue weighted by atomic mass is 10.1. The fraction of sp³-hybridized carbons (Fsp3) is 0.375. The van der Waals surface area contributed by atoms with Crippen LogP contribution in [0.4, 0.5) is 24.5 Å². The molecule has 3 N–H and O–H groups in total. The van der Waals surface area contributed by atoms with E-state index in [1.165, 1.54) is 27.5 Å². The van der Waals surface area contributed by atoms with Gasteiger partial charge in [0.2, 0.25) is 0 Å². The summed E-state index contributed by atoms with van der Waals surface area (Å²) in [6, 6.07) is 3.75. The molecule has 0 saturated heterocycles. The van der Waals surface area contributed by atoms with Crippen molar-refractivity contribution in [2.45, 2.75) is 32.6 Å². The number of halogens is 3. The fourth-order valence-corrected chi connectivity index (χ4v) is 2.51. The molecule has 0 bridgehead atoms. The molecule has 6 nitrogen and oxygen atoms in total. The van der Waals surface area contributed by atoms with Gasteiger partial charge in [0.25, 0.3) is 11.1 Å². The van der Waals surface area contributed by atoms with Crippen LogP contribution in [0.3, 0.4) is 0 Å². The van der Waals surface area contributed by atoms with Crippen LogP contribution in [0, 0.1) is 0 Å². The first kappa shape index (κ1) is 18.6. The highest BCUT2D eigenvalue weighted by Gasteiger charge is 2.27. The molecule has 0 amide bonds. The molecule has 9 heteroatoms. The number of aryl methyl sites for hydroxylation is 1. The molecule has 136 valence electrons. The second-order valence-corrected chi connectivity index (χ2v) is 5.55. The van der Waals surface area contributed by atoms with Crippen LogP contribution in [0.15, 0.2) is 40.2 Å². The minimum absolute atomic E-state index is 0.0115. The van der Waals surface area contributed by atoms with Gasteiger partial charge in [-0.05, 0) is 32.0 Å². The lowest BCUT2D eigenvalue weighted by Crippen LogP contribution is -2.31. The summed E-state index contributed by atoms with van der Waals surface area (Å²) in [6.45, 7) is 2.59. The number of hydrogen-bond donors (Lipinski definition) is 2. The average molecular weight is 356 g/mol. The highest BCUT2D eigenvalue weighted by molar-refractivity contribution is 5.47. The highest BCUT2D eigenvalue weighted by atomic mass is 19.4. The van der Waals surface area contributed by atoms with Crippen molar-refractivity contribution in [2.24, 2.45) is 0 Å². The van der Waals surface area contributed by atoms with E-state index in [2.05, 4.69) is 5.32 Å². The molecule has 1 unspecified atom stereocenters. The van der Waals surface area contributed by atoms with Gasteiger partial charge in [0.1, 0.15) is 17.9 Å². The van der Waals surface area contributed by atoms with Crippen LogP contribution in [0.5, 0.6) is 0 Å².